The van der Waals surface area contributed by atoms with Crippen LogP contribution >= 0.6 is 0 Å². The van der Waals surface area contributed by atoms with Gasteiger partial charge in [0.15, 0.2) is 6.10 Å². The largest absolute Gasteiger partial charge is 0.479 e. The lowest BCUT2D eigenvalue weighted by Crippen LogP contribution is -2.41. The normalized spacial score (nSPS) is 20.3. The van der Waals surface area contributed by atoms with Gasteiger partial charge in [0, 0.05) is 12.7 Å². The molecule has 0 spiro atoms. The summed E-state index contributed by atoms with van der Waals surface area (Å²) < 4.78 is 5.42. The van der Waals surface area contributed by atoms with Crippen LogP contribution in [0.5, 0.6) is 5.75 Å². The molecule has 0 fully saturated rings. The second kappa shape index (κ2) is 2.90. The van der Waals surface area contributed by atoms with Gasteiger partial charge in [-0.05, 0) is 25.1 Å². The zero-order chi connectivity index (χ0) is 10.3. The SMILES string of the molecule is C[C@H]1Oc2ccc(N)cc2N(C)C1=O. The summed E-state index contributed by atoms with van der Waals surface area (Å²) in [6, 6.07) is 5.28. The van der Waals surface area contributed by atoms with Crippen LogP contribution in [0, 0.1) is 0 Å². The molecule has 1 aromatic rings. The topological polar surface area (TPSA) is 55.6 Å². The molecule has 1 atom stereocenters. The Kier molecular flexibility index (Phi) is 1.84. The maximum Gasteiger partial charge on any atom is 0.267 e. The number of nitrogen functional groups attached to an aromatic ring is 1. The second-order valence-electron chi connectivity index (χ2n) is 3.38. The van der Waals surface area contributed by atoms with Gasteiger partial charge in [0.2, 0.25) is 0 Å². The molecule has 0 bridgehead atoms. The van der Waals surface area contributed by atoms with Crippen LogP contribution in [0.4, 0.5) is 11.4 Å². The van der Waals surface area contributed by atoms with Crippen LogP contribution in [-0.4, -0.2) is 19.1 Å². The Morgan fingerprint density at radius 2 is 2.21 bits per heavy atom. The van der Waals surface area contributed by atoms with Crippen LogP contribution in [0.1, 0.15) is 6.92 Å². The minimum absolute atomic E-state index is 0.0527. The maximum atomic E-state index is 11.6. The number of fused-ring (bicyclic) bond motifs is 1. The monoisotopic (exact) mass is 192 g/mol. The van der Waals surface area contributed by atoms with Gasteiger partial charge in [-0.15, -0.1) is 0 Å². The van der Waals surface area contributed by atoms with E-state index in [0.717, 1.165) is 5.69 Å². The van der Waals surface area contributed by atoms with Crippen molar-refractivity contribution in [2.24, 2.45) is 0 Å². The van der Waals surface area contributed by atoms with E-state index in [9.17, 15) is 4.79 Å². The van der Waals surface area contributed by atoms with Crippen LogP contribution in [0.25, 0.3) is 0 Å². The smallest absolute Gasteiger partial charge is 0.267 e. The van der Waals surface area contributed by atoms with E-state index in [-0.39, 0.29) is 5.91 Å². The molecule has 1 aromatic carbocycles. The van der Waals surface area contributed by atoms with E-state index in [4.69, 9.17) is 10.5 Å². The number of hydrogen-bond acceptors (Lipinski definition) is 3. The van der Waals surface area contributed by atoms with E-state index in [2.05, 4.69) is 0 Å². The lowest BCUT2D eigenvalue weighted by molar-refractivity contribution is -0.125. The van der Waals surface area contributed by atoms with Crippen molar-refractivity contribution in [2.45, 2.75) is 13.0 Å². The molecule has 1 heterocycles. The summed E-state index contributed by atoms with van der Waals surface area (Å²) in [7, 11) is 1.72. The fourth-order valence-electron chi connectivity index (χ4n) is 1.53. The zero-order valence-electron chi connectivity index (χ0n) is 8.15. The van der Waals surface area contributed by atoms with Crippen LogP contribution in [0.3, 0.4) is 0 Å². The molecule has 4 heteroatoms. The number of carbonyl (C=O) groups excluding carboxylic acids is 1. The maximum absolute atomic E-state index is 11.6. The van der Waals surface area contributed by atoms with E-state index < -0.39 is 6.10 Å². The first-order valence-corrected chi connectivity index (χ1v) is 4.43. The molecule has 74 valence electrons. The molecule has 0 saturated carbocycles. The van der Waals surface area contributed by atoms with E-state index in [1.54, 1.807) is 37.1 Å². The van der Waals surface area contributed by atoms with Crippen molar-refractivity contribution in [3.63, 3.8) is 0 Å². The van der Waals surface area contributed by atoms with Gasteiger partial charge >= 0.3 is 0 Å². The quantitative estimate of drug-likeness (QED) is 0.624. The molecule has 1 aliphatic rings. The Morgan fingerprint density at radius 3 is 2.93 bits per heavy atom. The highest BCUT2D eigenvalue weighted by Gasteiger charge is 2.28. The van der Waals surface area contributed by atoms with Crippen molar-refractivity contribution in [1.82, 2.24) is 0 Å². The van der Waals surface area contributed by atoms with E-state index in [0.29, 0.717) is 11.4 Å². The van der Waals surface area contributed by atoms with Crippen molar-refractivity contribution in [1.29, 1.82) is 0 Å². The lowest BCUT2D eigenvalue weighted by Gasteiger charge is -2.30. The van der Waals surface area contributed by atoms with Crippen molar-refractivity contribution in [3.05, 3.63) is 18.2 Å². The molecule has 14 heavy (non-hydrogen) atoms. The lowest BCUT2D eigenvalue weighted by atomic mass is 10.2. The van der Waals surface area contributed by atoms with Crippen LogP contribution in [0.2, 0.25) is 0 Å². The Bertz CT molecular complexity index is 390. The third-order valence-corrected chi connectivity index (χ3v) is 2.33. The average molecular weight is 192 g/mol. The number of likely N-dealkylation sites (N-methyl/N-ethyl adjacent to an activating group) is 1. The highest BCUT2D eigenvalue weighted by atomic mass is 16.5. The number of anilines is 2. The minimum Gasteiger partial charge on any atom is -0.479 e. The van der Waals surface area contributed by atoms with Gasteiger partial charge in [-0.2, -0.15) is 0 Å². The molecule has 2 N–H and O–H groups in total. The van der Waals surface area contributed by atoms with E-state index in [1.165, 1.54) is 0 Å². The molecule has 2 rings (SSSR count). The first-order chi connectivity index (χ1) is 6.59. The number of rotatable bonds is 0. The third kappa shape index (κ3) is 1.19. The van der Waals surface area contributed by atoms with Crippen LogP contribution in [-0.2, 0) is 4.79 Å². The Hall–Kier alpha value is -1.71. The summed E-state index contributed by atoms with van der Waals surface area (Å²) >= 11 is 0. The molecule has 1 amide bonds. The van der Waals surface area contributed by atoms with Crippen molar-refractivity contribution in [2.75, 3.05) is 17.7 Å². The van der Waals surface area contributed by atoms with Gasteiger partial charge in [-0.25, -0.2) is 0 Å². The number of ether oxygens (including phenoxy) is 1. The highest BCUT2D eigenvalue weighted by Crippen LogP contribution is 2.34. The summed E-state index contributed by atoms with van der Waals surface area (Å²) in [5.74, 6) is 0.650. The summed E-state index contributed by atoms with van der Waals surface area (Å²) in [5, 5.41) is 0. The van der Waals surface area contributed by atoms with Gasteiger partial charge in [-0.1, -0.05) is 0 Å². The van der Waals surface area contributed by atoms with Crippen LogP contribution in [0.15, 0.2) is 18.2 Å². The van der Waals surface area contributed by atoms with Crippen LogP contribution < -0.4 is 15.4 Å². The van der Waals surface area contributed by atoms with E-state index >= 15 is 0 Å². The van der Waals surface area contributed by atoms with Crippen molar-refractivity contribution < 1.29 is 9.53 Å². The number of hydrogen-bond donors (Lipinski definition) is 1. The Balaban J connectivity index is 2.51. The Morgan fingerprint density at radius 1 is 1.50 bits per heavy atom. The standard InChI is InChI=1S/C10H12N2O2/c1-6-10(13)12(2)8-5-7(11)3-4-9(8)14-6/h3-6H,11H2,1-2H3/t6-/m1/s1. The molecule has 0 aromatic heterocycles. The van der Waals surface area contributed by atoms with Gasteiger partial charge in [0.1, 0.15) is 5.75 Å². The molecular weight excluding hydrogens is 180 g/mol. The number of carbonyl (C=O) groups is 1. The zero-order valence-corrected chi connectivity index (χ0v) is 8.15. The van der Waals surface area contributed by atoms with E-state index in [1.807, 2.05) is 0 Å². The van der Waals surface area contributed by atoms with Gasteiger partial charge < -0.3 is 15.4 Å². The Labute approximate surface area is 82.3 Å². The molecular formula is C10H12N2O2. The molecule has 0 radical (unpaired) electrons. The summed E-state index contributed by atoms with van der Waals surface area (Å²) in [4.78, 5) is 13.1. The molecule has 0 aliphatic carbocycles. The summed E-state index contributed by atoms with van der Waals surface area (Å²) in [6.07, 6.45) is -0.420. The number of nitrogens with two attached hydrogens (primary N) is 1. The molecule has 4 nitrogen and oxygen atoms in total. The number of nitrogens with zero attached hydrogens (tertiary/aromatic N) is 1. The average Bonchev–Trinajstić information content (AvgIpc) is 2.16. The van der Waals surface area contributed by atoms with Gasteiger partial charge in [0.25, 0.3) is 5.91 Å². The fourth-order valence-corrected chi connectivity index (χ4v) is 1.53. The molecule has 0 unspecified atom stereocenters. The highest BCUT2D eigenvalue weighted by molar-refractivity contribution is 5.99. The molecule has 1 aliphatic heterocycles. The first kappa shape index (κ1) is 8.87. The van der Waals surface area contributed by atoms with Gasteiger partial charge in [0.05, 0.1) is 5.69 Å². The predicted octanol–water partition coefficient (Wildman–Crippen LogP) is 1.01. The first-order valence-electron chi connectivity index (χ1n) is 4.43. The third-order valence-electron chi connectivity index (χ3n) is 2.33. The minimum atomic E-state index is -0.420. The summed E-state index contributed by atoms with van der Waals surface area (Å²) in [6.45, 7) is 1.73. The van der Waals surface area contributed by atoms with Gasteiger partial charge in [-0.3, -0.25) is 4.79 Å². The second-order valence-corrected chi connectivity index (χ2v) is 3.38. The van der Waals surface area contributed by atoms with Crippen molar-refractivity contribution in [3.8, 4) is 5.75 Å². The number of amides is 1. The fraction of sp³-hybridized carbons (Fsp3) is 0.300. The summed E-state index contributed by atoms with van der Waals surface area (Å²) in [5.41, 5.74) is 6.99. The molecule has 0 saturated heterocycles. The number of benzene rings is 1. The van der Waals surface area contributed by atoms with Crippen molar-refractivity contribution >= 4 is 17.3 Å². The predicted molar refractivity (Wildman–Crippen MR) is 54.4 cm³/mol.